The average Bonchev–Trinajstić information content (AvgIpc) is 3.49. The van der Waals surface area contributed by atoms with E-state index in [9.17, 15) is 9.59 Å². The second-order valence-electron chi connectivity index (χ2n) is 6.11. The van der Waals surface area contributed by atoms with Gasteiger partial charge in [0.2, 0.25) is 18.5 Å². The first-order valence-electron chi connectivity index (χ1n) is 8.85. The Kier molecular flexibility index (Phi) is 5.71. The number of nitrogens with one attached hydrogen (secondary N) is 1. The third-order valence-corrected chi connectivity index (χ3v) is 4.91. The molecule has 9 nitrogen and oxygen atoms in total. The van der Waals surface area contributed by atoms with Crippen molar-refractivity contribution in [1.82, 2.24) is 15.5 Å². The highest BCUT2D eigenvalue weighted by Crippen LogP contribution is 2.32. The number of carbonyl (C=O) groups is 2. The molecule has 3 heterocycles. The van der Waals surface area contributed by atoms with Crippen LogP contribution in [0.5, 0.6) is 11.5 Å². The van der Waals surface area contributed by atoms with Gasteiger partial charge in [0.15, 0.2) is 18.1 Å². The summed E-state index contributed by atoms with van der Waals surface area (Å²) in [5.74, 6) is 1.25. The van der Waals surface area contributed by atoms with Gasteiger partial charge in [-0.15, -0.1) is 11.3 Å². The minimum atomic E-state index is -0.515. The molecule has 0 saturated heterocycles. The standard InChI is InChI=1S/C19H17N3O6S/c23-16(20-9-12-3-4-13-14(8-12)27-11-26-13)10-25-18(24)6-5-17-21-19(22-28-17)15-2-1-7-29-15/h1-4,7-8H,5-6,9-11H2,(H,20,23). The fourth-order valence-electron chi connectivity index (χ4n) is 2.59. The van der Waals surface area contributed by atoms with Crippen LogP contribution in [0.25, 0.3) is 10.7 Å². The molecule has 0 unspecified atom stereocenters. The first-order valence-corrected chi connectivity index (χ1v) is 9.72. The largest absolute Gasteiger partial charge is 0.456 e. The molecule has 4 rings (SSSR count). The van der Waals surface area contributed by atoms with Crippen LogP contribution >= 0.6 is 11.3 Å². The van der Waals surface area contributed by atoms with E-state index in [1.165, 1.54) is 11.3 Å². The molecule has 0 radical (unpaired) electrons. The number of amides is 1. The predicted octanol–water partition coefficient (Wildman–Crippen LogP) is 2.32. The lowest BCUT2D eigenvalue weighted by atomic mass is 10.2. The van der Waals surface area contributed by atoms with Crippen LogP contribution in [0.1, 0.15) is 17.9 Å². The van der Waals surface area contributed by atoms with E-state index < -0.39 is 11.9 Å². The van der Waals surface area contributed by atoms with Crippen molar-refractivity contribution in [3.8, 4) is 22.2 Å². The molecule has 0 atom stereocenters. The number of hydrogen-bond acceptors (Lipinski definition) is 9. The number of aromatic nitrogens is 2. The summed E-state index contributed by atoms with van der Waals surface area (Å²) in [6, 6.07) is 9.18. The molecular formula is C19H17N3O6S. The monoisotopic (exact) mass is 415 g/mol. The van der Waals surface area contributed by atoms with Gasteiger partial charge in [-0.25, -0.2) is 0 Å². The molecule has 1 aromatic carbocycles. The number of aryl methyl sites for hydroxylation is 1. The SMILES string of the molecule is O=C(COC(=O)CCc1nc(-c2cccs2)no1)NCc1ccc2c(c1)OCO2. The molecule has 3 aromatic rings. The van der Waals surface area contributed by atoms with Gasteiger partial charge in [0.05, 0.1) is 11.3 Å². The molecule has 0 fully saturated rings. The molecule has 0 saturated carbocycles. The Morgan fingerprint density at radius 3 is 2.97 bits per heavy atom. The number of thiophene rings is 1. The Balaban J connectivity index is 1.16. The highest BCUT2D eigenvalue weighted by molar-refractivity contribution is 7.13. The Morgan fingerprint density at radius 2 is 2.10 bits per heavy atom. The summed E-state index contributed by atoms with van der Waals surface area (Å²) < 4.78 is 20.6. The molecular weight excluding hydrogens is 398 g/mol. The van der Waals surface area contributed by atoms with Crippen LogP contribution in [-0.2, 0) is 27.3 Å². The lowest BCUT2D eigenvalue weighted by Gasteiger charge is -2.07. The van der Waals surface area contributed by atoms with Crippen LogP contribution in [0.3, 0.4) is 0 Å². The summed E-state index contributed by atoms with van der Waals surface area (Å²) in [6.45, 7) is 0.133. The molecule has 1 aliphatic rings. The van der Waals surface area contributed by atoms with E-state index in [1.807, 2.05) is 23.6 Å². The second kappa shape index (κ2) is 8.74. The number of carbonyl (C=O) groups excluding carboxylic acids is 2. The fraction of sp³-hybridized carbons (Fsp3) is 0.263. The third-order valence-electron chi connectivity index (χ3n) is 4.04. The molecule has 1 amide bonds. The van der Waals surface area contributed by atoms with Gasteiger partial charge in [-0.05, 0) is 29.1 Å². The minimum Gasteiger partial charge on any atom is -0.456 e. The number of nitrogens with zero attached hydrogens (tertiary/aromatic N) is 2. The number of rotatable bonds is 8. The lowest BCUT2D eigenvalue weighted by Crippen LogP contribution is -2.28. The van der Waals surface area contributed by atoms with Gasteiger partial charge < -0.3 is 24.1 Å². The summed E-state index contributed by atoms with van der Waals surface area (Å²) in [7, 11) is 0. The zero-order chi connectivity index (χ0) is 20.1. The highest BCUT2D eigenvalue weighted by atomic mass is 32.1. The Hall–Kier alpha value is -3.40. The Morgan fingerprint density at radius 1 is 1.21 bits per heavy atom. The predicted molar refractivity (Wildman–Crippen MR) is 101 cm³/mol. The number of ether oxygens (including phenoxy) is 3. The van der Waals surface area contributed by atoms with Gasteiger partial charge in [0.1, 0.15) is 0 Å². The van der Waals surface area contributed by atoms with E-state index in [2.05, 4.69) is 15.5 Å². The molecule has 150 valence electrons. The summed E-state index contributed by atoms with van der Waals surface area (Å²) in [6.07, 6.45) is 0.289. The van der Waals surface area contributed by atoms with Crippen molar-refractivity contribution in [3.05, 3.63) is 47.2 Å². The summed E-state index contributed by atoms with van der Waals surface area (Å²) in [4.78, 5) is 28.8. The van der Waals surface area contributed by atoms with Crippen LogP contribution in [0.4, 0.5) is 0 Å². The fourth-order valence-corrected chi connectivity index (χ4v) is 3.24. The highest BCUT2D eigenvalue weighted by Gasteiger charge is 2.15. The van der Waals surface area contributed by atoms with Crippen molar-refractivity contribution in [2.45, 2.75) is 19.4 Å². The zero-order valence-electron chi connectivity index (χ0n) is 15.3. The quantitative estimate of drug-likeness (QED) is 0.558. The molecule has 29 heavy (non-hydrogen) atoms. The topological polar surface area (TPSA) is 113 Å². The normalized spacial score (nSPS) is 12.0. The first-order chi connectivity index (χ1) is 14.2. The van der Waals surface area contributed by atoms with Gasteiger partial charge in [-0.2, -0.15) is 4.98 Å². The molecule has 0 spiro atoms. The molecule has 0 bridgehead atoms. The maximum Gasteiger partial charge on any atom is 0.306 e. The van der Waals surface area contributed by atoms with Crippen LogP contribution in [0.2, 0.25) is 0 Å². The van der Waals surface area contributed by atoms with E-state index >= 15 is 0 Å². The smallest absolute Gasteiger partial charge is 0.306 e. The third kappa shape index (κ3) is 4.91. The zero-order valence-corrected chi connectivity index (χ0v) is 16.1. The van der Waals surface area contributed by atoms with Crippen molar-refractivity contribution >= 4 is 23.2 Å². The van der Waals surface area contributed by atoms with Gasteiger partial charge in [0.25, 0.3) is 5.91 Å². The van der Waals surface area contributed by atoms with Crippen molar-refractivity contribution in [3.63, 3.8) is 0 Å². The van der Waals surface area contributed by atoms with E-state index in [0.29, 0.717) is 29.8 Å². The molecule has 2 aromatic heterocycles. The molecule has 10 heteroatoms. The van der Waals surface area contributed by atoms with Crippen LogP contribution in [0, 0.1) is 0 Å². The Labute approximate surface area is 169 Å². The summed E-state index contributed by atoms with van der Waals surface area (Å²) >= 11 is 1.50. The average molecular weight is 415 g/mol. The summed E-state index contributed by atoms with van der Waals surface area (Å²) in [5, 5.41) is 8.48. The van der Waals surface area contributed by atoms with Crippen LogP contribution in [0.15, 0.2) is 40.2 Å². The van der Waals surface area contributed by atoms with Crippen LogP contribution < -0.4 is 14.8 Å². The second-order valence-corrected chi connectivity index (χ2v) is 7.06. The van der Waals surface area contributed by atoms with Crippen LogP contribution in [-0.4, -0.2) is 35.4 Å². The maximum atomic E-state index is 11.9. The maximum absolute atomic E-state index is 11.9. The molecule has 1 N–H and O–H groups in total. The lowest BCUT2D eigenvalue weighted by molar-refractivity contribution is -0.148. The van der Waals surface area contributed by atoms with Crippen molar-refractivity contribution in [2.24, 2.45) is 0 Å². The van der Waals surface area contributed by atoms with Crippen molar-refractivity contribution in [1.29, 1.82) is 0 Å². The number of esters is 1. The van der Waals surface area contributed by atoms with E-state index in [-0.39, 0.29) is 26.2 Å². The van der Waals surface area contributed by atoms with Gasteiger partial charge in [-0.3, -0.25) is 9.59 Å². The number of benzene rings is 1. The molecule has 1 aliphatic heterocycles. The van der Waals surface area contributed by atoms with Gasteiger partial charge in [0, 0.05) is 13.0 Å². The van der Waals surface area contributed by atoms with Gasteiger partial charge in [-0.1, -0.05) is 17.3 Å². The number of hydrogen-bond donors (Lipinski definition) is 1. The molecule has 0 aliphatic carbocycles. The van der Waals surface area contributed by atoms with Gasteiger partial charge >= 0.3 is 5.97 Å². The number of fused-ring (bicyclic) bond motifs is 1. The van der Waals surface area contributed by atoms with E-state index in [4.69, 9.17) is 18.7 Å². The van der Waals surface area contributed by atoms with E-state index in [0.717, 1.165) is 10.4 Å². The van der Waals surface area contributed by atoms with Crippen molar-refractivity contribution < 1.29 is 28.3 Å². The first kappa shape index (κ1) is 18.9. The Bertz CT molecular complexity index is 1000. The summed E-state index contributed by atoms with van der Waals surface area (Å²) in [5.41, 5.74) is 0.854. The van der Waals surface area contributed by atoms with Crippen molar-refractivity contribution in [2.75, 3.05) is 13.4 Å². The minimum absolute atomic E-state index is 0.0432. The van der Waals surface area contributed by atoms with E-state index in [1.54, 1.807) is 12.1 Å².